The Morgan fingerprint density at radius 2 is 2.10 bits per heavy atom. The van der Waals surface area contributed by atoms with Crippen molar-refractivity contribution in [2.75, 3.05) is 0 Å². The number of nitrogens with zero attached hydrogens (tertiary/aromatic N) is 2. The van der Waals surface area contributed by atoms with Gasteiger partial charge < -0.3 is 5.11 Å². The van der Waals surface area contributed by atoms with Crippen molar-refractivity contribution in [2.24, 2.45) is 0 Å². The molecule has 2 aromatic rings. The number of rotatable bonds is 5. The van der Waals surface area contributed by atoms with Crippen LogP contribution in [0, 0.1) is 0 Å². The van der Waals surface area contributed by atoms with Crippen LogP contribution in [0.4, 0.5) is 0 Å². The molecule has 0 bridgehead atoms. The minimum Gasteiger partial charge on any atom is -0.481 e. The highest BCUT2D eigenvalue weighted by molar-refractivity contribution is 9.10. The first-order chi connectivity index (χ1) is 9.56. The first kappa shape index (κ1) is 14.8. The summed E-state index contributed by atoms with van der Waals surface area (Å²) in [4.78, 5) is 11.1. The van der Waals surface area contributed by atoms with Crippen LogP contribution in [-0.2, 0) is 24.1 Å². The molecule has 4 nitrogen and oxygen atoms in total. The van der Waals surface area contributed by atoms with Gasteiger partial charge in [-0.1, -0.05) is 35.8 Å². The molecule has 0 aliphatic heterocycles. The number of carboxylic acids is 1. The molecule has 5 heteroatoms. The Labute approximate surface area is 126 Å². The Bertz CT molecular complexity index is 635. The predicted molar refractivity (Wildman–Crippen MR) is 81.4 cm³/mol. The third-order valence-electron chi connectivity index (χ3n) is 3.22. The van der Waals surface area contributed by atoms with Crippen LogP contribution < -0.4 is 0 Å². The molecule has 2 rings (SSSR count). The number of aliphatic carboxylic acids is 1. The van der Waals surface area contributed by atoms with Gasteiger partial charge in [0.1, 0.15) is 0 Å². The van der Waals surface area contributed by atoms with E-state index in [2.05, 4.69) is 21.0 Å². The highest BCUT2D eigenvalue weighted by atomic mass is 79.9. The Morgan fingerprint density at radius 1 is 1.35 bits per heavy atom. The number of carbonyl (C=O) groups is 1. The SMILES string of the molecule is CCc1nn(-c2cccc(Br)c2)c(CC)c1CC(=O)O. The summed E-state index contributed by atoms with van der Waals surface area (Å²) in [5.41, 5.74) is 3.64. The third-order valence-corrected chi connectivity index (χ3v) is 3.72. The summed E-state index contributed by atoms with van der Waals surface area (Å²) in [7, 11) is 0. The normalized spacial score (nSPS) is 10.8. The van der Waals surface area contributed by atoms with Gasteiger partial charge >= 0.3 is 5.97 Å². The quantitative estimate of drug-likeness (QED) is 0.910. The van der Waals surface area contributed by atoms with Crippen LogP contribution in [0.25, 0.3) is 5.69 Å². The van der Waals surface area contributed by atoms with Gasteiger partial charge in [-0.25, -0.2) is 4.68 Å². The molecule has 0 saturated heterocycles. The summed E-state index contributed by atoms with van der Waals surface area (Å²) in [6.45, 7) is 4.02. The molecular formula is C15H17BrN2O2. The van der Waals surface area contributed by atoms with Gasteiger partial charge in [0.15, 0.2) is 0 Å². The zero-order chi connectivity index (χ0) is 14.7. The molecule has 1 aromatic heterocycles. The molecule has 0 saturated carbocycles. The van der Waals surface area contributed by atoms with E-state index < -0.39 is 5.97 Å². The number of halogens is 1. The van der Waals surface area contributed by atoms with Crippen molar-refractivity contribution in [1.29, 1.82) is 0 Å². The first-order valence-corrected chi connectivity index (χ1v) is 7.43. The molecule has 1 heterocycles. The summed E-state index contributed by atoms with van der Waals surface area (Å²) in [5.74, 6) is -0.816. The fourth-order valence-corrected chi connectivity index (χ4v) is 2.75. The third kappa shape index (κ3) is 2.93. The van der Waals surface area contributed by atoms with E-state index in [1.165, 1.54) is 0 Å². The molecule has 0 aliphatic rings. The molecule has 0 amide bonds. The number of aromatic nitrogens is 2. The highest BCUT2D eigenvalue weighted by Gasteiger charge is 2.18. The zero-order valence-corrected chi connectivity index (χ0v) is 13.1. The summed E-state index contributed by atoms with van der Waals surface area (Å²) in [5, 5.41) is 13.7. The van der Waals surface area contributed by atoms with Crippen molar-refractivity contribution in [3.05, 3.63) is 45.7 Å². The van der Waals surface area contributed by atoms with Crippen molar-refractivity contribution in [3.63, 3.8) is 0 Å². The summed E-state index contributed by atoms with van der Waals surface area (Å²) in [6.07, 6.45) is 1.51. The van der Waals surface area contributed by atoms with Crippen LogP contribution in [-0.4, -0.2) is 20.9 Å². The first-order valence-electron chi connectivity index (χ1n) is 6.64. The van der Waals surface area contributed by atoms with Crippen molar-refractivity contribution >= 4 is 21.9 Å². The molecule has 1 aromatic carbocycles. The molecule has 0 atom stereocenters. The van der Waals surface area contributed by atoms with E-state index in [4.69, 9.17) is 5.11 Å². The molecule has 0 unspecified atom stereocenters. The van der Waals surface area contributed by atoms with Crippen LogP contribution in [0.5, 0.6) is 0 Å². The average Bonchev–Trinajstić information content (AvgIpc) is 2.75. The van der Waals surface area contributed by atoms with Crippen LogP contribution in [0.2, 0.25) is 0 Å². The number of carboxylic acid groups (broad SMARTS) is 1. The van der Waals surface area contributed by atoms with Crippen LogP contribution in [0.1, 0.15) is 30.8 Å². The van der Waals surface area contributed by atoms with Crippen molar-refractivity contribution in [1.82, 2.24) is 9.78 Å². The number of hydrogen-bond donors (Lipinski definition) is 1. The maximum atomic E-state index is 11.1. The lowest BCUT2D eigenvalue weighted by Gasteiger charge is -2.07. The number of aryl methyl sites for hydroxylation is 1. The second kappa shape index (κ2) is 6.22. The van der Waals surface area contributed by atoms with Gasteiger partial charge in [-0.15, -0.1) is 0 Å². The minimum atomic E-state index is -0.816. The van der Waals surface area contributed by atoms with E-state index in [0.29, 0.717) is 0 Å². The lowest BCUT2D eigenvalue weighted by atomic mass is 10.1. The maximum Gasteiger partial charge on any atom is 0.307 e. The number of hydrogen-bond acceptors (Lipinski definition) is 2. The fourth-order valence-electron chi connectivity index (χ4n) is 2.36. The average molecular weight is 337 g/mol. The monoisotopic (exact) mass is 336 g/mol. The van der Waals surface area contributed by atoms with E-state index >= 15 is 0 Å². The van der Waals surface area contributed by atoms with Gasteiger partial charge in [-0.05, 0) is 31.0 Å². The summed E-state index contributed by atoms with van der Waals surface area (Å²) in [6, 6.07) is 7.86. The van der Waals surface area contributed by atoms with E-state index in [9.17, 15) is 4.79 Å². The van der Waals surface area contributed by atoms with E-state index in [-0.39, 0.29) is 6.42 Å². The largest absolute Gasteiger partial charge is 0.481 e. The molecule has 0 radical (unpaired) electrons. The standard InChI is InChI=1S/C15H17BrN2O2/c1-3-13-12(9-15(19)20)14(4-2)18(17-13)11-7-5-6-10(16)8-11/h5-8H,3-4,9H2,1-2H3,(H,19,20). The zero-order valence-electron chi connectivity index (χ0n) is 11.6. The smallest absolute Gasteiger partial charge is 0.307 e. The van der Waals surface area contributed by atoms with Crippen LogP contribution in [0.3, 0.4) is 0 Å². The van der Waals surface area contributed by atoms with Crippen LogP contribution >= 0.6 is 15.9 Å². The fraction of sp³-hybridized carbons (Fsp3) is 0.333. The van der Waals surface area contributed by atoms with E-state index in [1.807, 2.05) is 42.8 Å². The second-order valence-electron chi connectivity index (χ2n) is 4.54. The molecule has 0 fully saturated rings. The molecule has 0 aliphatic carbocycles. The van der Waals surface area contributed by atoms with Crippen LogP contribution in [0.15, 0.2) is 28.7 Å². The molecule has 0 spiro atoms. The van der Waals surface area contributed by atoms with Crippen molar-refractivity contribution < 1.29 is 9.90 Å². The van der Waals surface area contributed by atoms with Gasteiger partial charge in [0.2, 0.25) is 0 Å². The highest BCUT2D eigenvalue weighted by Crippen LogP contribution is 2.23. The lowest BCUT2D eigenvalue weighted by Crippen LogP contribution is -2.06. The Morgan fingerprint density at radius 3 is 2.65 bits per heavy atom. The van der Waals surface area contributed by atoms with Gasteiger partial charge in [0.05, 0.1) is 17.8 Å². The Balaban J connectivity index is 2.59. The minimum absolute atomic E-state index is 0.0281. The van der Waals surface area contributed by atoms with E-state index in [1.54, 1.807) is 0 Å². The molecule has 106 valence electrons. The van der Waals surface area contributed by atoms with Crippen molar-refractivity contribution in [3.8, 4) is 5.69 Å². The lowest BCUT2D eigenvalue weighted by molar-refractivity contribution is -0.136. The van der Waals surface area contributed by atoms with Gasteiger partial charge in [0.25, 0.3) is 0 Å². The maximum absolute atomic E-state index is 11.1. The van der Waals surface area contributed by atoms with E-state index in [0.717, 1.165) is 40.0 Å². The van der Waals surface area contributed by atoms with Gasteiger partial charge in [-0.3, -0.25) is 4.79 Å². The molecule has 1 N–H and O–H groups in total. The van der Waals surface area contributed by atoms with Gasteiger partial charge in [-0.2, -0.15) is 5.10 Å². The molecule has 20 heavy (non-hydrogen) atoms. The summed E-state index contributed by atoms with van der Waals surface area (Å²) < 4.78 is 2.84. The Hall–Kier alpha value is -1.62. The second-order valence-corrected chi connectivity index (χ2v) is 5.46. The predicted octanol–water partition coefficient (Wildman–Crippen LogP) is 3.39. The topological polar surface area (TPSA) is 55.1 Å². The molecular weight excluding hydrogens is 320 g/mol. The number of benzene rings is 1. The Kier molecular flexibility index (Phi) is 4.60. The van der Waals surface area contributed by atoms with Gasteiger partial charge in [0, 0.05) is 15.7 Å². The van der Waals surface area contributed by atoms with Crippen molar-refractivity contribution in [2.45, 2.75) is 33.1 Å². The summed E-state index contributed by atoms with van der Waals surface area (Å²) >= 11 is 3.45.